The number of nitrogens with one attached hydrogen (secondary N) is 2. The van der Waals surface area contributed by atoms with Crippen LogP contribution in [0.3, 0.4) is 0 Å². The van der Waals surface area contributed by atoms with E-state index in [-0.39, 0.29) is 11.7 Å². The van der Waals surface area contributed by atoms with E-state index in [4.69, 9.17) is 11.6 Å². The van der Waals surface area contributed by atoms with Gasteiger partial charge in [-0.2, -0.15) is 25.2 Å². The standard InChI is InChI=1S/C25H21ClN8O/c1-15-13-16(2)34(33-15)25-30-23(28-19-10-8-18(26)9-11-19)29-24(31-25)32-27-14-21-20-6-4-3-5-17(20)7-12-22(21)35/h3-14,35H,1-2H3,(H2,28,29,30,31,32). The van der Waals surface area contributed by atoms with Crippen molar-refractivity contribution < 1.29 is 5.11 Å². The van der Waals surface area contributed by atoms with Crippen molar-refractivity contribution in [3.8, 4) is 11.7 Å². The molecule has 0 radical (unpaired) electrons. The molecule has 0 aliphatic rings. The van der Waals surface area contributed by atoms with Crippen LogP contribution in [-0.2, 0) is 0 Å². The quantitative estimate of drug-likeness (QED) is 0.219. The second-order valence-electron chi connectivity index (χ2n) is 7.84. The number of fused-ring (bicyclic) bond motifs is 1. The maximum atomic E-state index is 10.4. The number of halogens is 1. The molecule has 0 saturated heterocycles. The number of hydrazone groups is 1. The molecule has 0 fully saturated rings. The molecule has 2 heterocycles. The maximum Gasteiger partial charge on any atom is 0.257 e. The van der Waals surface area contributed by atoms with E-state index in [9.17, 15) is 5.11 Å². The topological polar surface area (TPSA) is 113 Å². The molecule has 0 aliphatic carbocycles. The van der Waals surface area contributed by atoms with Crippen molar-refractivity contribution in [2.24, 2.45) is 5.10 Å². The molecule has 174 valence electrons. The first-order valence-corrected chi connectivity index (χ1v) is 11.2. The van der Waals surface area contributed by atoms with E-state index >= 15 is 0 Å². The van der Waals surface area contributed by atoms with Crippen molar-refractivity contribution in [1.82, 2.24) is 24.7 Å². The number of aromatic nitrogens is 5. The highest BCUT2D eigenvalue weighted by molar-refractivity contribution is 6.30. The molecule has 0 spiro atoms. The van der Waals surface area contributed by atoms with Gasteiger partial charge in [-0.05, 0) is 61.0 Å². The molecule has 0 amide bonds. The number of hydrogen-bond acceptors (Lipinski definition) is 8. The van der Waals surface area contributed by atoms with Crippen LogP contribution in [-0.4, -0.2) is 36.1 Å². The zero-order valence-electron chi connectivity index (χ0n) is 18.9. The maximum absolute atomic E-state index is 10.4. The van der Waals surface area contributed by atoms with Crippen LogP contribution < -0.4 is 10.7 Å². The molecular weight excluding hydrogens is 464 g/mol. The van der Waals surface area contributed by atoms with Crippen LogP contribution in [0, 0.1) is 13.8 Å². The number of benzene rings is 3. The molecule has 3 aromatic carbocycles. The van der Waals surface area contributed by atoms with Gasteiger partial charge in [-0.1, -0.05) is 41.9 Å². The molecular formula is C25H21ClN8O. The minimum atomic E-state index is 0.123. The predicted molar refractivity (Wildman–Crippen MR) is 138 cm³/mol. The molecule has 0 aliphatic heterocycles. The second-order valence-corrected chi connectivity index (χ2v) is 8.28. The van der Waals surface area contributed by atoms with E-state index in [0.717, 1.165) is 27.8 Å². The molecule has 0 saturated carbocycles. The predicted octanol–water partition coefficient (Wildman–Crippen LogP) is 5.38. The smallest absolute Gasteiger partial charge is 0.257 e. The van der Waals surface area contributed by atoms with Crippen molar-refractivity contribution in [2.45, 2.75) is 13.8 Å². The number of phenolic OH excluding ortho intramolecular Hbond substituents is 1. The fourth-order valence-corrected chi connectivity index (χ4v) is 3.76. The Kier molecular flexibility index (Phi) is 5.99. The molecule has 35 heavy (non-hydrogen) atoms. The normalized spacial score (nSPS) is 11.3. The number of phenols is 1. The van der Waals surface area contributed by atoms with Gasteiger partial charge < -0.3 is 10.4 Å². The van der Waals surface area contributed by atoms with Gasteiger partial charge in [0.25, 0.3) is 5.95 Å². The van der Waals surface area contributed by atoms with E-state index in [0.29, 0.717) is 22.5 Å². The lowest BCUT2D eigenvalue weighted by Crippen LogP contribution is -2.11. The van der Waals surface area contributed by atoms with Gasteiger partial charge in [0.2, 0.25) is 11.9 Å². The Morgan fingerprint density at radius 2 is 1.71 bits per heavy atom. The summed E-state index contributed by atoms with van der Waals surface area (Å²) in [6, 6.07) is 20.4. The Balaban J connectivity index is 1.49. The number of rotatable bonds is 6. The van der Waals surface area contributed by atoms with Gasteiger partial charge in [0.05, 0.1) is 11.9 Å². The summed E-state index contributed by atoms with van der Waals surface area (Å²) in [6.07, 6.45) is 1.54. The van der Waals surface area contributed by atoms with Gasteiger partial charge in [0.15, 0.2) is 0 Å². The summed E-state index contributed by atoms with van der Waals surface area (Å²) in [5, 5.41) is 24.8. The lowest BCUT2D eigenvalue weighted by molar-refractivity contribution is 0.475. The summed E-state index contributed by atoms with van der Waals surface area (Å²) in [7, 11) is 0. The van der Waals surface area contributed by atoms with Crippen LogP contribution in [0.15, 0.2) is 71.8 Å². The number of aryl methyl sites for hydroxylation is 2. The number of hydrogen-bond donors (Lipinski definition) is 3. The molecule has 10 heteroatoms. The van der Waals surface area contributed by atoms with E-state index in [1.54, 1.807) is 22.9 Å². The summed E-state index contributed by atoms with van der Waals surface area (Å²) >= 11 is 6.00. The molecule has 9 nitrogen and oxygen atoms in total. The third-order valence-corrected chi connectivity index (χ3v) is 5.48. The molecule has 2 aromatic heterocycles. The Bertz CT molecular complexity index is 1550. The average Bonchev–Trinajstić information content (AvgIpc) is 3.19. The van der Waals surface area contributed by atoms with E-state index in [1.165, 1.54) is 6.21 Å². The minimum Gasteiger partial charge on any atom is -0.507 e. The first kappa shape index (κ1) is 22.3. The Labute approximate surface area is 206 Å². The molecule has 0 atom stereocenters. The highest BCUT2D eigenvalue weighted by atomic mass is 35.5. The molecule has 5 rings (SSSR count). The third kappa shape index (κ3) is 4.90. The average molecular weight is 485 g/mol. The van der Waals surface area contributed by atoms with Crippen LogP contribution in [0.1, 0.15) is 17.0 Å². The van der Waals surface area contributed by atoms with Gasteiger partial charge in [-0.3, -0.25) is 0 Å². The zero-order valence-corrected chi connectivity index (χ0v) is 19.7. The number of anilines is 3. The van der Waals surface area contributed by atoms with Crippen LogP contribution >= 0.6 is 11.6 Å². The monoisotopic (exact) mass is 484 g/mol. The van der Waals surface area contributed by atoms with Crippen LogP contribution in [0.4, 0.5) is 17.6 Å². The largest absolute Gasteiger partial charge is 0.507 e. The van der Waals surface area contributed by atoms with Crippen LogP contribution in [0.5, 0.6) is 5.75 Å². The van der Waals surface area contributed by atoms with Crippen LogP contribution in [0.25, 0.3) is 16.7 Å². The molecule has 3 N–H and O–H groups in total. The summed E-state index contributed by atoms with van der Waals surface area (Å²) in [5.41, 5.74) is 5.91. The van der Waals surface area contributed by atoms with Gasteiger partial charge in [-0.25, -0.2) is 10.1 Å². The van der Waals surface area contributed by atoms with E-state index in [1.807, 2.05) is 62.4 Å². The first-order valence-electron chi connectivity index (χ1n) is 10.8. The Hall–Kier alpha value is -4.50. The SMILES string of the molecule is Cc1cc(C)n(-c2nc(NN=Cc3c(O)ccc4ccccc34)nc(Nc3ccc(Cl)cc3)n2)n1. The number of aromatic hydroxyl groups is 1. The highest BCUT2D eigenvalue weighted by Gasteiger charge is 2.12. The summed E-state index contributed by atoms with van der Waals surface area (Å²) in [5.74, 6) is 0.955. The zero-order chi connectivity index (χ0) is 24.4. The Morgan fingerprint density at radius 1 is 0.943 bits per heavy atom. The summed E-state index contributed by atoms with van der Waals surface area (Å²) in [6.45, 7) is 3.82. The van der Waals surface area contributed by atoms with Crippen molar-refractivity contribution in [1.29, 1.82) is 0 Å². The van der Waals surface area contributed by atoms with Gasteiger partial charge >= 0.3 is 0 Å². The molecule has 0 unspecified atom stereocenters. The number of nitrogens with zero attached hydrogens (tertiary/aromatic N) is 6. The van der Waals surface area contributed by atoms with Gasteiger partial charge in [0, 0.05) is 22.0 Å². The van der Waals surface area contributed by atoms with E-state index in [2.05, 4.69) is 35.9 Å². The first-order chi connectivity index (χ1) is 17.0. The Morgan fingerprint density at radius 3 is 2.49 bits per heavy atom. The lowest BCUT2D eigenvalue weighted by atomic mass is 10.0. The van der Waals surface area contributed by atoms with Crippen LogP contribution in [0.2, 0.25) is 5.02 Å². The van der Waals surface area contributed by atoms with Crippen molar-refractivity contribution >= 4 is 46.2 Å². The minimum absolute atomic E-state index is 0.123. The fourth-order valence-electron chi connectivity index (χ4n) is 3.63. The van der Waals surface area contributed by atoms with Crippen molar-refractivity contribution in [3.05, 3.63) is 88.7 Å². The fraction of sp³-hybridized carbons (Fsp3) is 0.0800. The van der Waals surface area contributed by atoms with Gasteiger partial charge in [-0.15, -0.1) is 0 Å². The highest BCUT2D eigenvalue weighted by Crippen LogP contribution is 2.25. The lowest BCUT2D eigenvalue weighted by Gasteiger charge is -2.10. The second kappa shape index (κ2) is 9.40. The molecule has 0 bridgehead atoms. The summed E-state index contributed by atoms with van der Waals surface area (Å²) in [4.78, 5) is 13.4. The van der Waals surface area contributed by atoms with E-state index < -0.39 is 0 Å². The molecule has 5 aromatic rings. The van der Waals surface area contributed by atoms with Crippen molar-refractivity contribution in [2.75, 3.05) is 10.7 Å². The summed E-state index contributed by atoms with van der Waals surface area (Å²) < 4.78 is 1.63. The third-order valence-electron chi connectivity index (χ3n) is 5.23. The van der Waals surface area contributed by atoms with Gasteiger partial charge in [0.1, 0.15) is 5.75 Å². The van der Waals surface area contributed by atoms with Crippen molar-refractivity contribution in [3.63, 3.8) is 0 Å².